The van der Waals surface area contributed by atoms with Crippen molar-refractivity contribution in [3.05, 3.63) is 0 Å². The van der Waals surface area contributed by atoms with Crippen LogP contribution in [0.2, 0.25) is 0 Å². The summed E-state index contributed by atoms with van der Waals surface area (Å²) in [7, 11) is 19.3. The average molecular weight is 1950 g/mol. The minimum atomic E-state index is -0.106. The average Bonchev–Trinajstić information content (AvgIpc) is 2.31. The van der Waals surface area contributed by atoms with Crippen LogP contribution in [0.5, 0.6) is 0 Å². The Bertz CT molecular complexity index is 142. The molecule has 504 valence electrons. The monoisotopic (exact) mass is 1940 g/mol. The van der Waals surface area contributed by atoms with Gasteiger partial charge in [0.05, 0.1) is 0 Å². The first-order chi connectivity index (χ1) is 6.83. The molecular weight excluding hydrogens is 1840 g/mol. The SMILES string of the molecule is Cl.Cl.Cl.Cl.N.N.N.N.N.N.N.N.N.N.N.N.N.N.N.N.N.N.N.N.N.N.N.N.N#N.N#N.NN.NN.O.O.O.O.O.O.O.O.O.O.O.O.[Cl][Pd][Cl].[Cl][Pd][Cl].[OH-].[OH-].[OH-].[OH-].[Pd+2].[Pd+2].[Pd].[Pd].[Pd].[Pd]. The van der Waals surface area contributed by atoms with Gasteiger partial charge in [-0.05, 0) is 0 Å². The van der Waals surface area contributed by atoms with Crippen molar-refractivity contribution in [2.45, 2.75) is 0 Å². The van der Waals surface area contributed by atoms with Crippen LogP contribution in [0.4, 0.5) is 0 Å². The maximum atomic E-state index is 6.00. The molecule has 0 rings (SSSR count). The van der Waals surface area contributed by atoms with E-state index in [4.69, 9.17) is 59.7 Å². The summed E-state index contributed by atoms with van der Waals surface area (Å²) in [5.74, 6) is 16.0. The van der Waals surface area contributed by atoms with E-state index in [9.17, 15) is 0 Å². The molecule has 0 aromatic carbocycles. The van der Waals surface area contributed by atoms with E-state index in [1.54, 1.807) is 0 Å². The van der Waals surface area contributed by atoms with Crippen LogP contribution in [0.3, 0.4) is 0 Å². The summed E-state index contributed by atoms with van der Waals surface area (Å²) in [6.45, 7) is 0. The van der Waals surface area contributed by atoms with Crippen molar-refractivity contribution in [3.8, 4) is 0 Å². The third kappa shape index (κ3) is 13000. The third-order valence-corrected chi connectivity index (χ3v) is 0. The first-order valence-electron chi connectivity index (χ1n) is 1.54. The molecule has 0 atom stereocenters. The molecule has 0 bridgehead atoms. The topological polar surface area (TPSA) is 1540 Å². The van der Waals surface area contributed by atoms with Gasteiger partial charge in [0.15, 0.2) is 0 Å². The summed E-state index contributed by atoms with van der Waals surface area (Å²) in [4.78, 5) is 0. The first kappa shape index (κ1) is 1950. The summed E-state index contributed by atoms with van der Waals surface area (Å²) < 4.78 is 0. The predicted molar refractivity (Wildman–Crippen MR) is 248 cm³/mol. The minimum absolute atomic E-state index is 0. The van der Waals surface area contributed by atoms with Gasteiger partial charge in [-0.3, -0.25) is 23.4 Å². The summed E-state index contributed by atoms with van der Waals surface area (Å²) >= 11 is -0.211. The van der Waals surface area contributed by atoms with E-state index in [0.29, 0.717) is 0 Å². The summed E-state index contributed by atoms with van der Waals surface area (Å²) in [5, 5.41) is 24.0. The molecule has 64 heteroatoms. The Labute approximate surface area is 516 Å². The maximum Gasteiger partial charge on any atom is 2.00 e. The van der Waals surface area contributed by atoms with Crippen molar-refractivity contribution in [1.29, 1.82) is 21.6 Å². The van der Waals surface area contributed by atoms with Gasteiger partial charge < -0.3 is 235 Å². The van der Waals surface area contributed by atoms with E-state index < -0.39 is 0 Å². The molecule has 0 saturated carbocycles. The molecule has 0 radical (unpaired) electrons. The molecule has 0 aromatic rings. The van der Waals surface area contributed by atoms with Crippen LogP contribution in [-0.4, -0.2) is 87.6 Å². The third-order valence-electron chi connectivity index (χ3n) is 0. The predicted octanol–water partition coefficient (Wildman–Crippen LogP) is -4.59. The van der Waals surface area contributed by atoms with Crippen LogP contribution in [0.1, 0.15) is 0 Å². The van der Waals surface area contributed by atoms with Crippen LogP contribution in [0.15, 0.2) is 0 Å². The fraction of sp³-hybridized carbons (Fsp3) is 0. The Hall–Kier alpha value is 4.70. The smallest absolute Gasteiger partial charge is 0.870 e. The van der Waals surface area contributed by atoms with Gasteiger partial charge in [0.25, 0.3) is 0 Å². The van der Waals surface area contributed by atoms with E-state index in [-0.39, 0.29) is 439 Å². The molecule has 0 aliphatic rings. The second-order valence-electron chi connectivity index (χ2n) is 0.0904. The molecule has 0 aromatic heterocycles. The van der Waals surface area contributed by atoms with Crippen LogP contribution >= 0.6 is 87.7 Å². The first-order valence-corrected chi connectivity index (χ1v) is 9.55. The Morgan fingerprint density at radius 1 is 0.219 bits per heavy atom. The molecule has 0 amide bonds. The van der Waals surface area contributed by atoms with Crippen LogP contribution in [0, 0.1) is 21.6 Å². The molecule has 0 fully saturated rings. The van der Waals surface area contributed by atoms with Crippen molar-refractivity contribution < 1.29 is 242 Å². The summed E-state index contributed by atoms with van der Waals surface area (Å²) in [5.41, 5.74) is 0. The number of hydrogen-bond acceptors (Lipinski definition) is 36. The maximum absolute atomic E-state index is 6.00. The Morgan fingerprint density at radius 3 is 0.219 bits per heavy atom. The van der Waals surface area contributed by atoms with Gasteiger partial charge in [-0.15, -0.1) is 49.6 Å². The van der Waals surface area contributed by atoms with Gasteiger partial charge >= 0.3 is 111 Å². The van der Waals surface area contributed by atoms with E-state index in [1.165, 1.54) is 0 Å². The van der Waals surface area contributed by atoms with E-state index in [2.05, 4.69) is 23.4 Å². The van der Waals surface area contributed by atoms with Gasteiger partial charge in [-0.2, -0.15) is 0 Å². The van der Waals surface area contributed by atoms with Gasteiger partial charge in [0.1, 0.15) is 0 Å². The molecule has 0 heterocycles. The van der Waals surface area contributed by atoms with Crippen molar-refractivity contribution in [3.63, 3.8) is 0 Å². The largest absolute Gasteiger partial charge is 2.00 e. The number of hydrazine groups is 2. The molecule has 0 spiro atoms. The Kier molecular flexibility index (Phi) is 205000. The normalized spacial score (nSPS) is 0.938. The Balaban J connectivity index is -0.000000000193. The van der Waals surface area contributed by atoms with Crippen molar-refractivity contribution in [2.24, 2.45) is 23.4 Å². The van der Waals surface area contributed by atoms with Crippen LogP contribution in [-0.2, 0) is 154 Å². The van der Waals surface area contributed by atoms with E-state index >= 15 is 0 Å². The number of nitrogens with zero attached hydrogens (tertiary/aromatic N) is 4. The molecule has 64 heavy (non-hydrogen) atoms. The zero-order chi connectivity index (χ0) is 13.4. The molecule has 0 aliphatic carbocycles. The molecular formula is H112Cl8N32O16Pd8. The fourth-order valence-corrected chi connectivity index (χ4v) is 0. The quantitative estimate of drug-likeness (QED) is 0.0470. The van der Waals surface area contributed by atoms with Gasteiger partial charge in [0, 0.05) is 103 Å². The van der Waals surface area contributed by atoms with E-state index in [0.717, 1.165) is 0 Å². The molecule has 48 nitrogen and oxygen atoms in total. The van der Waals surface area contributed by atoms with Crippen molar-refractivity contribution in [2.75, 3.05) is 0 Å². The number of hydrogen-bond donors (Lipinski definition) is 28. The summed E-state index contributed by atoms with van der Waals surface area (Å²) in [6, 6.07) is 0. The zero-order valence-electron chi connectivity index (χ0n) is 34.5. The number of halogens is 8. The second kappa shape index (κ2) is 6710. The number of rotatable bonds is 0. The van der Waals surface area contributed by atoms with Crippen molar-refractivity contribution >= 4 is 87.7 Å². The molecule has 0 unspecified atom stereocenters. The van der Waals surface area contributed by atoms with Gasteiger partial charge in [-0.25, -0.2) is 0 Å². The fourth-order valence-electron chi connectivity index (χ4n) is 0. The number of nitrogens with two attached hydrogens (primary N) is 4. The van der Waals surface area contributed by atoms with E-state index in [1.807, 2.05) is 0 Å². The molecule has 0 aliphatic heterocycles. The van der Waals surface area contributed by atoms with Crippen LogP contribution in [0.25, 0.3) is 0 Å². The molecule has 108 N–H and O–H groups in total. The van der Waals surface area contributed by atoms with Crippen molar-refractivity contribution in [1.82, 2.24) is 148 Å². The Morgan fingerprint density at radius 2 is 0.219 bits per heavy atom. The van der Waals surface area contributed by atoms with Crippen LogP contribution < -0.4 is 171 Å². The van der Waals surface area contributed by atoms with Gasteiger partial charge in [-0.1, -0.05) is 0 Å². The second-order valence-corrected chi connectivity index (χ2v) is 4.81. The summed E-state index contributed by atoms with van der Waals surface area (Å²) in [6.07, 6.45) is 0. The minimum Gasteiger partial charge on any atom is -0.870 e. The zero-order valence-corrected chi connectivity index (χ0v) is 53.3. The van der Waals surface area contributed by atoms with Gasteiger partial charge in [0.2, 0.25) is 0 Å². The molecule has 0 saturated heterocycles. The standard InChI is InChI=1S/8ClH.2H4N2.2N2.24H3N.16H2O.8Pd/c;;;;;;;;4*1-2;;;;;;;;;;;;;;;;;;;;;;;;;;;;;;;;;;;;;;;;;;;;;;;;/h8*1H;2*1-2H2;;;24*1H3;16*1H2;;;;;;;;/q;;;;;;;;;;;;;;;;;;;;;;;;;;;;;;;;;;;;;;;;;;;;;;;;;;;;;;;;4*+2/p-8.